The second-order valence-electron chi connectivity index (χ2n) is 6.15. The Hall–Kier alpha value is -2.22. The molecule has 27 heavy (non-hydrogen) atoms. The summed E-state index contributed by atoms with van der Waals surface area (Å²) in [5.74, 6) is -0.344. The Morgan fingerprint density at radius 2 is 1.70 bits per heavy atom. The molecule has 146 valence electrons. The first-order valence-electron chi connectivity index (χ1n) is 9.12. The number of nitrogens with one attached hydrogen (secondary N) is 2. The largest absolute Gasteiger partial charge is 0.322 e. The molecule has 0 heterocycles. The predicted octanol–water partition coefficient (Wildman–Crippen LogP) is 3.08. The molecule has 0 aromatic heterocycles. The molecule has 0 spiro atoms. The predicted molar refractivity (Wildman–Crippen MR) is 108 cm³/mol. The zero-order valence-electron chi connectivity index (χ0n) is 16.0. The Kier molecular flexibility index (Phi) is 7.53. The second kappa shape index (κ2) is 9.64. The summed E-state index contributed by atoms with van der Waals surface area (Å²) >= 11 is 0. The van der Waals surface area contributed by atoms with E-state index < -0.39 is 10.0 Å². The van der Waals surface area contributed by atoms with Gasteiger partial charge in [0.2, 0.25) is 10.0 Å². The molecule has 0 aliphatic heterocycles. The van der Waals surface area contributed by atoms with Gasteiger partial charge in [-0.3, -0.25) is 9.69 Å². The third-order valence-electron chi connectivity index (χ3n) is 4.23. The summed E-state index contributed by atoms with van der Waals surface area (Å²) in [7, 11) is -3.60. The number of carbonyl (C=O) groups is 1. The molecule has 2 aromatic rings. The second-order valence-corrected chi connectivity index (χ2v) is 7.91. The summed E-state index contributed by atoms with van der Waals surface area (Å²) in [6.07, 6.45) is 0. The smallest absolute Gasteiger partial charge is 0.255 e. The molecule has 2 N–H and O–H groups in total. The first kappa shape index (κ1) is 21.1. The van der Waals surface area contributed by atoms with E-state index in [0.29, 0.717) is 11.3 Å². The summed E-state index contributed by atoms with van der Waals surface area (Å²) in [4.78, 5) is 14.9. The van der Waals surface area contributed by atoms with Crippen LogP contribution >= 0.6 is 0 Å². The van der Waals surface area contributed by atoms with Gasteiger partial charge >= 0.3 is 0 Å². The Labute approximate surface area is 161 Å². The van der Waals surface area contributed by atoms with Crippen molar-refractivity contribution >= 4 is 21.6 Å². The molecule has 0 unspecified atom stereocenters. The average molecular weight is 390 g/mol. The Balaban J connectivity index is 2.16. The fourth-order valence-electron chi connectivity index (χ4n) is 2.73. The first-order chi connectivity index (χ1) is 12.9. The molecule has 2 rings (SSSR count). The number of amides is 1. The molecule has 0 aliphatic carbocycles. The number of carbonyl (C=O) groups excluding carboxylic acids is 1. The van der Waals surface area contributed by atoms with Crippen LogP contribution in [0.25, 0.3) is 0 Å². The maximum absolute atomic E-state index is 12.6. The van der Waals surface area contributed by atoms with Gasteiger partial charge in [0.05, 0.1) is 4.90 Å². The first-order valence-corrected chi connectivity index (χ1v) is 10.6. The van der Waals surface area contributed by atoms with Crippen LogP contribution in [-0.2, 0) is 16.6 Å². The van der Waals surface area contributed by atoms with E-state index in [4.69, 9.17) is 0 Å². The summed E-state index contributed by atoms with van der Waals surface area (Å²) in [5, 5.41) is 2.85. The Morgan fingerprint density at radius 3 is 2.37 bits per heavy atom. The van der Waals surface area contributed by atoms with Crippen molar-refractivity contribution in [2.45, 2.75) is 32.2 Å². The molecule has 0 saturated carbocycles. The molecule has 0 atom stereocenters. The summed E-state index contributed by atoms with van der Waals surface area (Å²) < 4.78 is 26.7. The third kappa shape index (κ3) is 5.89. The number of hydrogen-bond donors (Lipinski definition) is 2. The monoisotopic (exact) mass is 389 g/mol. The van der Waals surface area contributed by atoms with Gasteiger partial charge in [-0.05, 0) is 49.0 Å². The molecular weight excluding hydrogens is 362 g/mol. The molecule has 1 amide bonds. The lowest BCUT2D eigenvalue weighted by Crippen LogP contribution is -2.23. The quantitative estimate of drug-likeness (QED) is 0.691. The minimum Gasteiger partial charge on any atom is -0.322 e. The van der Waals surface area contributed by atoms with Crippen molar-refractivity contribution in [1.29, 1.82) is 0 Å². The van der Waals surface area contributed by atoms with E-state index in [-0.39, 0.29) is 17.3 Å². The number of anilines is 1. The Morgan fingerprint density at radius 1 is 1.00 bits per heavy atom. The van der Waals surface area contributed by atoms with Gasteiger partial charge in [-0.25, -0.2) is 13.1 Å². The zero-order valence-corrected chi connectivity index (χ0v) is 16.8. The summed E-state index contributed by atoms with van der Waals surface area (Å²) in [6.45, 7) is 8.96. The van der Waals surface area contributed by atoms with Crippen molar-refractivity contribution in [1.82, 2.24) is 9.62 Å². The van der Waals surface area contributed by atoms with Crippen molar-refractivity contribution in [3.05, 3.63) is 59.7 Å². The zero-order chi connectivity index (χ0) is 19.9. The maximum Gasteiger partial charge on any atom is 0.255 e. The molecule has 2 aromatic carbocycles. The molecular formula is C20H27N3O3S. The summed E-state index contributed by atoms with van der Waals surface area (Å²) in [6, 6.07) is 13.7. The van der Waals surface area contributed by atoms with Gasteiger partial charge in [0.25, 0.3) is 5.91 Å². The van der Waals surface area contributed by atoms with E-state index >= 15 is 0 Å². The van der Waals surface area contributed by atoms with Crippen molar-refractivity contribution in [3.8, 4) is 0 Å². The highest BCUT2D eigenvalue weighted by molar-refractivity contribution is 7.89. The van der Waals surface area contributed by atoms with E-state index in [0.717, 1.165) is 25.2 Å². The molecule has 0 bridgehead atoms. The highest BCUT2D eigenvalue weighted by atomic mass is 32.2. The normalized spacial score (nSPS) is 11.6. The van der Waals surface area contributed by atoms with Crippen LogP contribution in [0.1, 0.15) is 36.7 Å². The maximum atomic E-state index is 12.6. The topological polar surface area (TPSA) is 78.5 Å². The summed E-state index contributed by atoms with van der Waals surface area (Å²) in [5.41, 5.74) is 2.09. The van der Waals surface area contributed by atoms with Crippen molar-refractivity contribution < 1.29 is 13.2 Å². The van der Waals surface area contributed by atoms with Gasteiger partial charge in [-0.1, -0.05) is 39.0 Å². The lowest BCUT2D eigenvalue weighted by molar-refractivity contribution is 0.102. The minimum absolute atomic E-state index is 0.0762. The number of hydrogen-bond acceptors (Lipinski definition) is 4. The van der Waals surface area contributed by atoms with E-state index in [1.54, 1.807) is 19.1 Å². The number of sulfonamides is 1. The number of benzene rings is 2. The highest BCUT2D eigenvalue weighted by Crippen LogP contribution is 2.16. The van der Waals surface area contributed by atoms with Crippen LogP contribution < -0.4 is 10.0 Å². The Bertz CT molecular complexity index is 878. The van der Waals surface area contributed by atoms with Crippen LogP contribution in [0.15, 0.2) is 53.4 Å². The molecule has 6 nitrogen and oxygen atoms in total. The lowest BCUT2D eigenvalue weighted by Gasteiger charge is -2.18. The minimum atomic E-state index is -3.60. The van der Waals surface area contributed by atoms with Crippen LogP contribution in [0, 0.1) is 0 Å². The fourth-order valence-corrected chi connectivity index (χ4v) is 3.82. The van der Waals surface area contributed by atoms with E-state index in [1.807, 2.05) is 24.3 Å². The van der Waals surface area contributed by atoms with Gasteiger partial charge in [0, 0.05) is 24.3 Å². The van der Waals surface area contributed by atoms with Crippen molar-refractivity contribution in [3.63, 3.8) is 0 Å². The van der Waals surface area contributed by atoms with E-state index in [9.17, 15) is 13.2 Å². The molecule has 0 fully saturated rings. The van der Waals surface area contributed by atoms with Crippen LogP contribution in [0.3, 0.4) is 0 Å². The molecule has 0 radical (unpaired) electrons. The molecule has 0 aliphatic rings. The van der Waals surface area contributed by atoms with Gasteiger partial charge < -0.3 is 5.32 Å². The average Bonchev–Trinajstić information content (AvgIpc) is 2.66. The number of nitrogens with zero attached hydrogens (tertiary/aromatic N) is 1. The van der Waals surface area contributed by atoms with E-state index in [2.05, 4.69) is 28.8 Å². The van der Waals surface area contributed by atoms with Crippen molar-refractivity contribution in [2.24, 2.45) is 0 Å². The van der Waals surface area contributed by atoms with Crippen molar-refractivity contribution in [2.75, 3.05) is 25.0 Å². The van der Waals surface area contributed by atoms with Crippen LogP contribution in [-0.4, -0.2) is 38.9 Å². The van der Waals surface area contributed by atoms with Gasteiger partial charge in [-0.15, -0.1) is 0 Å². The fraction of sp³-hybridized carbons (Fsp3) is 0.350. The molecule has 0 saturated heterocycles. The van der Waals surface area contributed by atoms with Gasteiger partial charge in [-0.2, -0.15) is 0 Å². The van der Waals surface area contributed by atoms with Gasteiger partial charge in [0.1, 0.15) is 0 Å². The van der Waals surface area contributed by atoms with Crippen LogP contribution in [0.4, 0.5) is 5.69 Å². The van der Waals surface area contributed by atoms with Crippen LogP contribution in [0.5, 0.6) is 0 Å². The standard InChI is InChI=1S/C20H27N3O3S/c1-4-21-27(25,26)19-12-8-10-17(14-19)20(24)22-18-11-7-9-16(13-18)15-23(5-2)6-3/h7-14,21H,4-6,15H2,1-3H3,(H,22,24). The molecule has 7 heteroatoms. The third-order valence-corrected chi connectivity index (χ3v) is 5.77. The SMILES string of the molecule is CCNS(=O)(=O)c1cccc(C(=O)Nc2cccc(CN(CC)CC)c2)c1. The number of rotatable bonds is 9. The van der Waals surface area contributed by atoms with E-state index in [1.165, 1.54) is 12.1 Å². The highest BCUT2D eigenvalue weighted by Gasteiger charge is 2.15. The van der Waals surface area contributed by atoms with Gasteiger partial charge in [0.15, 0.2) is 0 Å². The van der Waals surface area contributed by atoms with Crippen LogP contribution in [0.2, 0.25) is 0 Å². The lowest BCUT2D eigenvalue weighted by atomic mass is 10.1.